The van der Waals surface area contributed by atoms with Gasteiger partial charge in [0.1, 0.15) is 5.76 Å². The van der Waals surface area contributed by atoms with Crippen molar-refractivity contribution in [2.24, 2.45) is 0 Å². The van der Waals surface area contributed by atoms with Crippen molar-refractivity contribution in [2.75, 3.05) is 11.1 Å². The number of carbonyl (C=O) groups is 1. The Bertz CT molecular complexity index is 1580. The highest BCUT2D eigenvalue weighted by atomic mass is 32.2. The first kappa shape index (κ1) is 22.9. The van der Waals surface area contributed by atoms with Crippen LogP contribution in [0, 0.1) is 6.92 Å². The zero-order valence-electron chi connectivity index (χ0n) is 19.6. The maximum absolute atomic E-state index is 13.5. The summed E-state index contributed by atoms with van der Waals surface area (Å²) in [4.78, 5) is 25.9. The van der Waals surface area contributed by atoms with Crippen LogP contribution in [0.15, 0.2) is 69.1 Å². The first-order valence-electron chi connectivity index (χ1n) is 11.3. The second-order valence-corrected chi connectivity index (χ2v) is 9.28. The van der Waals surface area contributed by atoms with Gasteiger partial charge in [0, 0.05) is 6.07 Å². The number of para-hydroxylation sites is 1. The van der Waals surface area contributed by atoms with Crippen molar-refractivity contribution in [2.45, 2.75) is 38.3 Å². The topological polar surface area (TPSA) is 107 Å². The summed E-state index contributed by atoms with van der Waals surface area (Å²) in [6.07, 6.45) is 1.04. The lowest BCUT2D eigenvalue weighted by Gasteiger charge is -2.13. The van der Waals surface area contributed by atoms with E-state index in [9.17, 15) is 9.59 Å². The van der Waals surface area contributed by atoms with Gasteiger partial charge in [-0.3, -0.25) is 14.0 Å². The third kappa shape index (κ3) is 4.32. The summed E-state index contributed by atoms with van der Waals surface area (Å²) in [5, 5.41) is 16.2. The summed E-state index contributed by atoms with van der Waals surface area (Å²) in [7, 11) is 0. The van der Waals surface area contributed by atoms with E-state index in [1.807, 2.05) is 46.9 Å². The monoisotopic (exact) mass is 488 g/mol. The van der Waals surface area contributed by atoms with Crippen LogP contribution in [-0.4, -0.2) is 36.0 Å². The molecule has 1 unspecified atom stereocenters. The van der Waals surface area contributed by atoms with Crippen LogP contribution in [0.5, 0.6) is 0 Å². The summed E-state index contributed by atoms with van der Waals surface area (Å²) >= 11 is 1.23. The molecule has 178 valence electrons. The quantitative estimate of drug-likeness (QED) is 0.334. The molecule has 10 heteroatoms. The minimum Gasteiger partial charge on any atom is -0.360 e. The Morgan fingerprint density at radius 1 is 1.14 bits per heavy atom. The zero-order valence-corrected chi connectivity index (χ0v) is 20.4. The second kappa shape index (κ2) is 9.38. The molecule has 0 saturated heterocycles. The number of rotatable bonds is 7. The highest BCUT2D eigenvalue weighted by Crippen LogP contribution is 2.25. The number of aryl methyl sites for hydroxylation is 1. The van der Waals surface area contributed by atoms with Crippen LogP contribution in [0.4, 0.5) is 5.82 Å². The molecule has 2 aromatic carbocycles. The Labute approximate surface area is 205 Å². The van der Waals surface area contributed by atoms with E-state index in [-0.39, 0.29) is 17.2 Å². The molecule has 0 aliphatic heterocycles. The number of anilines is 1. The molecule has 1 atom stereocenters. The van der Waals surface area contributed by atoms with Gasteiger partial charge in [0.25, 0.3) is 5.56 Å². The molecule has 0 radical (unpaired) electrons. The molecule has 0 fully saturated rings. The second-order valence-electron chi connectivity index (χ2n) is 8.34. The number of carbonyl (C=O) groups excluding carboxylic acids is 1. The van der Waals surface area contributed by atoms with Crippen molar-refractivity contribution in [3.63, 3.8) is 0 Å². The summed E-state index contributed by atoms with van der Waals surface area (Å²) in [5.74, 6) is 1.63. The number of fused-ring (bicyclic) bond motifs is 3. The van der Waals surface area contributed by atoms with Crippen LogP contribution in [0.2, 0.25) is 0 Å². The fourth-order valence-corrected chi connectivity index (χ4v) is 4.67. The van der Waals surface area contributed by atoms with Gasteiger partial charge in [-0.1, -0.05) is 55.0 Å². The van der Waals surface area contributed by atoms with Gasteiger partial charge in [-0.25, -0.2) is 4.57 Å². The normalized spacial score (nSPS) is 12.3. The predicted molar refractivity (Wildman–Crippen MR) is 135 cm³/mol. The van der Waals surface area contributed by atoms with Crippen molar-refractivity contribution in [1.29, 1.82) is 0 Å². The molecular formula is C25H24N6O3S. The van der Waals surface area contributed by atoms with Crippen LogP contribution in [0.3, 0.4) is 0 Å². The third-order valence-electron chi connectivity index (χ3n) is 5.96. The van der Waals surface area contributed by atoms with E-state index >= 15 is 0 Å². The van der Waals surface area contributed by atoms with E-state index in [0.717, 1.165) is 6.42 Å². The molecule has 35 heavy (non-hydrogen) atoms. The number of thioether (sulfide) groups is 1. The Morgan fingerprint density at radius 3 is 2.63 bits per heavy atom. The van der Waals surface area contributed by atoms with E-state index < -0.39 is 0 Å². The molecule has 0 aliphatic carbocycles. The molecule has 3 heterocycles. The molecule has 0 aliphatic rings. The number of benzene rings is 2. The number of nitrogens with zero attached hydrogens (tertiary/aromatic N) is 5. The van der Waals surface area contributed by atoms with Crippen LogP contribution in [0.25, 0.3) is 22.4 Å². The van der Waals surface area contributed by atoms with Crippen molar-refractivity contribution in [1.82, 2.24) is 24.3 Å². The Hall–Kier alpha value is -3.92. The lowest BCUT2D eigenvalue weighted by Crippen LogP contribution is -2.22. The van der Waals surface area contributed by atoms with Gasteiger partial charge in [-0.2, -0.15) is 0 Å². The van der Waals surface area contributed by atoms with Gasteiger partial charge < -0.3 is 9.84 Å². The van der Waals surface area contributed by atoms with Gasteiger partial charge in [-0.15, -0.1) is 10.2 Å². The number of amides is 1. The van der Waals surface area contributed by atoms with Crippen LogP contribution >= 0.6 is 11.8 Å². The van der Waals surface area contributed by atoms with E-state index in [0.29, 0.717) is 45.0 Å². The smallest absolute Gasteiger partial charge is 0.267 e. The Balaban J connectivity index is 1.55. The van der Waals surface area contributed by atoms with E-state index in [2.05, 4.69) is 34.5 Å². The van der Waals surface area contributed by atoms with E-state index in [1.165, 1.54) is 17.3 Å². The fourth-order valence-electron chi connectivity index (χ4n) is 3.93. The number of hydrogen-bond acceptors (Lipinski definition) is 7. The first-order valence-corrected chi connectivity index (χ1v) is 12.3. The molecule has 0 spiro atoms. The van der Waals surface area contributed by atoms with Gasteiger partial charge in [-0.05, 0) is 49.1 Å². The third-order valence-corrected chi connectivity index (χ3v) is 6.88. The highest BCUT2D eigenvalue weighted by molar-refractivity contribution is 7.99. The maximum atomic E-state index is 13.5. The lowest BCUT2D eigenvalue weighted by molar-refractivity contribution is -0.113. The molecule has 1 amide bonds. The maximum Gasteiger partial charge on any atom is 0.267 e. The minimum atomic E-state index is -0.252. The lowest BCUT2D eigenvalue weighted by atomic mass is 9.98. The van der Waals surface area contributed by atoms with E-state index in [1.54, 1.807) is 23.6 Å². The summed E-state index contributed by atoms with van der Waals surface area (Å²) in [5.41, 5.74) is 2.43. The number of hydrogen-bond donors (Lipinski definition) is 1. The molecule has 5 rings (SSSR count). The molecule has 1 N–H and O–H groups in total. The van der Waals surface area contributed by atoms with Gasteiger partial charge in [0.05, 0.1) is 22.3 Å². The van der Waals surface area contributed by atoms with Crippen molar-refractivity contribution in [3.8, 4) is 5.69 Å². The largest absolute Gasteiger partial charge is 0.360 e. The van der Waals surface area contributed by atoms with Crippen LogP contribution in [0.1, 0.15) is 37.5 Å². The molecule has 0 saturated carbocycles. The number of nitrogens with one attached hydrogen (secondary N) is 1. The molecule has 0 bridgehead atoms. The SMILES string of the molecule is CCC(C)c1ccc(-n2c(=O)c3ccccc3n3c(SCC(=O)Nc4cc(C)on4)nnc23)cc1. The first-order chi connectivity index (χ1) is 17.0. The van der Waals surface area contributed by atoms with Crippen LogP contribution in [-0.2, 0) is 4.79 Å². The van der Waals surface area contributed by atoms with Crippen molar-refractivity contribution in [3.05, 3.63) is 76.3 Å². The zero-order chi connectivity index (χ0) is 24.5. The molecule has 3 aromatic heterocycles. The highest BCUT2D eigenvalue weighted by Gasteiger charge is 2.19. The summed E-state index contributed by atoms with van der Waals surface area (Å²) < 4.78 is 8.37. The van der Waals surface area contributed by atoms with Gasteiger partial charge >= 0.3 is 0 Å². The van der Waals surface area contributed by atoms with E-state index in [4.69, 9.17) is 4.52 Å². The van der Waals surface area contributed by atoms with Gasteiger partial charge in [0.2, 0.25) is 11.7 Å². The average Bonchev–Trinajstić information content (AvgIpc) is 3.48. The van der Waals surface area contributed by atoms with Crippen LogP contribution < -0.4 is 10.9 Å². The average molecular weight is 489 g/mol. The Kier molecular flexibility index (Phi) is 6.12. The molecule has 9 nitrogen and oxygen atoms in total. The van der Waals surface area contributed by atoms with Crippen molar-refractivity contribution < 1.29 is 9.32 Å². The summed E-state index contributed by atoms with van der Waals surface area (Å²) in [6, 6.07) is 16.9. The van der Waals surface area contributed by atoms with Crippen molar-refractivity contribution >= 4 is 40.2 Å². The molecular weight excluding hydrogens is 464 g/mol. The number of aromatic nitrogens is 5. The minimum absolute atomic E-state index is 0.0871. The fraction of sp³-hybridized carbons (Fsp3) is 0.240. The van der Waals surface area contributed by atoms with Gasteiger partial charge in [0.15, 0.2) is 11.0 Å². The Morgan fingerprint density at radius 2 is 1.91 bits per heavy atom. The summed E-state index contributed by atoms with van der Waals surface area (Å²) in [6.45, 7) is 6.08. The molecule has 5 aromatic rings. The standard InChI is InChI=1S/C25H24N6O3S/c1-4-15(2)17-9-11-18(12-10-17)30-23(33)19-7-5-6-8-20(19)31-24(30)27-28-25(31)35-14-22(32)26-21-13-16(3)34-29-21/h5-13,15H,4,14H2,1-3H3,(H,26,29,32). The predicted octanol–water partition coefficient (Wildman–Crippen LogP) is 4.57.